The van der Waals surface area contributed by atoms with Crippen molar-refractivity contribution in [1.29, 1.82) is 0 Å². The van der Waals surface area contributed by atoms with Crippen LogP contribution in [0.25, 0.3) is 0 Å². The van der Waals surface area contributed by atoms with E-state index in [2.05, 4.69) is 5.32 Å². The Hall–Kier alpha value is -2.34. The molecule has 0 unspecified atom stereocenters. The molecule has 1 N–H and O–H groups in total. The molecule has 0 aliphatic carbocycles. The number of nitrogens with zero attached hydrogens (tertiary/aromatic N) is 2. The largest absolute Gasteiger partial charge is 0.363 e. The summed E-state index contributed by atoms with van der Waals surface area (Å²) in [4.78, 5) is 15.6. The van der Waals surface area contributed by atoms with Crippen LogP contribution in [0.2, 0.25) is 5.02 Å². The van der Waals surface area contributed by atoms with Crippen molar-refractivity contribution in [2.45, 2.75) is 6.92 Å². The van der Waals surface area contributed by atoms with E-state index in [-0.39, 0.29) is 11.7 Å². The van der Waals surface area contributed by atoms with Gasteiger partial charge in [-0.1, -0.05) is 23.7 Å². The molecule has 4 nitrogen and oxygen atoms in total. The SMILES string of the molecule is Cc1ccc(NC(=O)N2CCN(c3c(F)cccc3F)CC2)cc1Cl. The number of carbonyl (C=O) groups is 1. The van der Waals surface area contributed by atoms with Gasteiger partial charge in [0.15, 0.2) is 0 Å². The van der Waals surface area contributed by atoms with Crippen molar-refractivity contribution in [2.75, 3.05) is 36.4 Å². The van der Waals surface area contributed by atoms with Crippen LogP contribution >= 0.6 is 11.6 Å². The van der Waals surface area contributed by atoms with E-state index in [1.54, 1.807) is 21.9 Å². The lowest BCUT2D eigenvalue weighted by atomic mass is 10.2. The molecule has 1 saturated heterocycles. The smallest absolute Gasteiger partial charge is 0.321 e. The molecular formula is C18H18ClF2N3O. The number of rotatable bonds is 2. The summed E-state index contributed by atoms with van der Waals surface area (Å²) in [5.41, 5.74) is 1.51. The third-order valence-corrected chi connectivity index (χ3v) is 4.65. The summed E-state index contributed by atoms with van der Waals surface area (Å²) in [7, 11) is 0. The molecule has 0 radical (unpaired) electrons. The predicted molar refractivity (Wildman–Crippen MR) is 95.4 cm³/mol. The van der Waals surface area contributed by atoms with E-state index in [0.29, 0.717) is 36.9 Å². The number of aryl methyl sites for hydroxylation is 1. The zero-order valence-corrected chi connectivity index (χ0v) is 14.5. The highest BCUT2D eigenvalue weighted by atomic mass is 35.5. The minimum atomic E-state index is -0.591. The second kappa shape index (κ2) is 7.27. The van der Waals surface area contributed by atoms with Gasteiger partial charge >= 0.3 is 6.03 Å². The number of nitrogens with one attached hydrogen (secondary N) is 1. The third kappa shape index (κ3) is 3.85. The lowest BCUT2D eigenvalue weighted by molar-refractivity contribution is 0.208. The molecule has 2 amide bonds. The number of hydrogen-bond donors (Lipinski definition) is 1. The van der Waals surface area contributed by atoms with Crippen molar-refractivity contribution < 1.29 is 13.6 Å². The van der Waals surface area contributed by atoms with Crippen molar-refractivity contribution in [2.24, 2.45) is 0 Å². The number of para-hydroxylation sites is 1. The normalized spacial score (nSPS) is 14.6. The summed E-state index contributed by atoms with van der Waals surface area (Å²) in [5, 5.41) is 3.37. The Kier molecular flexibility index (Phi) is 5.08. The Labute approximate surface area is 150 Å². The standard InChI is InChI=1S/C18H18ClF2N3O/c1-12-5-6-13(11-14(12)19)22-18(25)24-9-7-23(8-10-24)17-15(20)3-2-4-16(17)21/h2-6,11H,7-10H2,1H3,(H,22,25). The van der Waals surface area contributed by atoms with E-state index in [9.17, 15) is 13.6 Å². The summed E-state index contributed by atoms with van der Waals surface area (Å²) in [6.07, 6.45) is 0. The monoisotopic (exact) mass is 365 g/mol. The van der Waals surface area contributed by atoms with Crippen molar-refractivity contribution in [3.05, 3.63) is 58.6 Å². The van der Waals surface area contributed by atoms with E-state index < -0.39 is 11.6 Å². The minimum Gasteiger partial charge on any atom is -0.363 e. The Bertz CT molecular complexity index is 772. The molecule has 0 bridgehead atoms. The summed E-state index contributed by atoms with van der Waals surface area (Å²) < 4.78 is 27.7. The summed E-state index contributed by atoms with van der Waals surface area (Å²) in [6.45, 7) is 3.35. The lowest BCUT2D eigenvalue weighted by Crippen LogP contribution is -2.50. The van der Waals surface area contributed by atoms with Crippen molar-refractivity contribution in [3.8, 4) is 0 Å². The van der Waals surface area contributed by atoms with Crippen LogP contribution in [0.1, 0.15) is 5.56 Å². The number of amides is 2. The van der Waals surface area contributed by atoms with Gasteiger partial charge in [-0.05, 0) is 36.8 Å². The number of anilines is 2. The van der Waals surface area contributed by atoms with E-state index in [1.165, 1.54) is 18.2 Å². The van der Waals surface area contributed by atoms with Crippen LogP contribution in [0, 0.1) is 18.6 Å². The van der Waals surface area contributed by atoms with Gasteiger partial charge in [0, 0.05) is 36.9 Å². The first-order chi connectivity index (χ1) is 12.0. The van der Waals surface area contributed by atoms with Gasteiger partial charge in [0.1, 0.15) is 17.3 Å². The van der Waals surface area contributed by atoms with Gasteiger partial charge in [-0.25, -0.2) is 13.6 Å². The number of urea groups is 1. The highest BCUT2D eigenvalue weighted by Crippen LogP contribution is 2.25. The number of hydrogen-bond acceptors (Lipinski definition) is 2. The molecule has 0 aromatic heterocycles. The number of piperazine rings is 1. The highest BCUT2D eigenvalue weighted by Gasteiger charge is 2.24. The summed E-state index contributed by atoms with van der Waals surface area (Å²) >= 11 is 6.06. The molecule has 25 heavy (non-hydrogen) atoms. The van der Waals surface area contributed by atoms with Gasteiger partial charge in [-0.3, -0.25) is 0 Å². The first kappa shape index (κ1) is 17.5. The summed E-state index contributed by atoms with van der Waals surface area (Å²) in [5.74, 6) is -1.18. The third-order valence-electron chi connectivity index (χ3n) is 4.24. The van der Waals surface area contributed by atoms with Crippen LogP contribution in [0.3, 0.4) is 0 Å². The summed E-state index contributed by atoms with van der Waals surface area (Å²) in [6, 6.07) is 8.86. The maximum absolute atomic E-state index is 13.9. The van der Waals surface area contributed by atoms with Gasteiger partial charge in [0.2, 0.25) is 0 Å². The molecule has 7 heteroatoms. The topological polar surface area (TPSA) is 35.6 Å². The number of benzene rings is 2. The molecule has 0 saturated carbocycles. The molecular weight excluding hydrogens is 348 g/mol. The first-order valence-corrected chi connectivity index (χ1v) is 8.34. The Morgan fingerprint density at radius 2 is 1.72 bits per heavy atom. The molecule has 2 aromatic carbocycles. The lowest BCUT2D eigenvalue weighted by Gasteiger charge is -2.36. The maximum Gasteiger partial charge on any atom is 0.321 e. The van der Waals surface area contributed by atoms with Gasteiger partial charge in [0.25, 0.3) is 0 Å². The average molecular weight is 366 g/mol. The van der Waals surface area contributed by atoms with Crippen molar-refractivity contribution >= 4 is 29.0 Å². The molecule has 0 spiro atoms. The molecule has 1 aliphatic rings. The van der Waals surface area contributed by atoms with E-state index in [1.807, 2.05) is 13.0 Å². The number of halogens is 3. The molecule has 1 heterocycles. The molecule has 0 atom stereocenters. The molecule has 2 aromatic rings. The molecule has 1 aliphatic heterocycles. The maximum atomic E-state index is 13.9. The zero-order valence-electron chi connectivity index (χ0n) is 13.7. The van der Waals surface area contributed by atoms with Gasteiger partial charge in [-0.2, -0.15) is 0 Å². The van der Waals surface area contributed by atoms with Crippen LogP contribution < -0.4 is 10.2 Å². The Morgan fingerprint density at radius 3 is 2.32 bits per heavy atom. The Balaban J connectivity index is 1.62. The molecule has 132 valence electrons. The fourth-order valence-corrected chi connectivity index (χ4v) is 2.98. The number of carbonyl (C=O) groups excluding carboxylic acids is 1. The zero-order chi connectivity index (χ0) is 18.0. The predicted octanol–water partition coefficient (Wildman–Crippen LogP) is 4.28. The van der Waals surface area contributed by atoms with Gasteiger partial charge < -0.3 is 15.1 Å². The van der Waals surface area contributed by atoms with Gasteiger partial charge in [-0.15, -0.1) is 0 Å². The highest BCUT2D eigenvalue weighted by molar-refractivity contribution is 6.31. The second-order valence-electron chi connectivity index (χ2n) is 5.94. The quantitative estimate of drug-likeness (QED) is 0.862. The van der Waals surface area contributed by atoms with Crippen LogP contribution in [-0.2, 0) is 0 Å². The van der Waals surface area contributed by atoms with Crippen LogP contribution in [-0.4, -0.2) is 37.1 Å². The molecule has 1 fully saturated rings. The fraction of sp³-hybridized carbons (Fsp3) is 0.278. The molecule has 3 rings (SSSR count). The van der Waals surface area contributed by atoms with E-state index >= 15 is 0 Å². The van der Waals surface area contributed by atoms with E-state index in [4.69, 9.17) is 11.6 Å². The average Bonchev–Trinajstić information content (AvgIpc) is 2.58. The van der Waals surface area contributed by atoms with Crippen molar-refractivity contribution in [1.82, 2.24) is 4.90 Å². The van der Waals surface area contributed by atoms with Crippen molar-refractivity contribution in [3.63, 3.8) is 0 Å². The van der Waals surface area contributed by atoms with Crippen LogP contribution in [0.4, 0.5) is 25.0 Å². The van der Waals surface area contributed by atoms with Crippen LogP contribution in [0.5, 0.6) is 0 Å². The fourth-order valence-electron chi connectivity index (χ4n) is 2.80. The Morgan fingerprint density at radius 1 is 1.08 bits per heavy atom. The van der Waals surface area contributed by atoms with Gasteiger partial charge in [0.05, 0.1) is 0 Å². The first-order valence-electron chi connectivity index (χ1n) is 7.97. The second-order valence-corrected chi connectivity index (χ2v) is 6.35. The minimum absolute atomic E-state index is 0.0344. The van der Waals surface area contributed by atoms with Crippen LogP contribution in [0.15, 0.2) is 36.4 Å². The van der Waals surface area contributed by atoms with E-state index in [0.717, 1.165) is 5.56 Å².